The zero-order valence-corrected chi connectivity index (χ0v) is 18.0. The van der Waals surface area contributed by atoms with Crippen LogP contribution in [0, 0.1) is 13.8 Å². The summed E-state index contributed by atoms with van der Waals surface area (Å²) in [4.78, 5) is 14.7. The Hall–Kier alpha value is -2.02. The van der Waals surface area contributed by atoms with Crippen LogP contribution in [0.1, 0.15) is 34.7 Å². The number of aromatic nitrogens is 2. The van der Waals surface area contributed by atoms with E-state index in [2.05, 4.69) is 54.4 Å². The van der Waals surface area contributed by atoms with E-state index in [1.165, 1.54) is 34.2 Å². The van der Waals surface area contributed by atoms with E-state index in [4.69, 9.17) is 14.7 Å². The van der Waals surface area contributed by atoms with Gasteiger partial charge in [0, 0.05) is 29.9 Å². The first-order valence-electron chi connectivity index (χ1n) is 10.5. The van der Waals surface area contributed by atoms with E-state index in [1.54, 1.807) is 11.3 Å². The summed E-state index contributed by atoms with van der Waals surface area (Å²) in [6.07, 6.45) is 2.47. The minimum absolute atomic E-state index is 0.252. The average Bonchev–Trinajstić information content (AvgIpc) is 3.48. The van der Waals surface area contributed by atoms with Crippen molar-refractivity contribution in [3.8, 4) is 0 Å². The maximum Gasteiger partial charge on any atom is 0.146 e. The number of ether oxygens (including phenoxy) is 1. The first-order valence-corrected chi connectivity index (χ1v) is 11.3. The summed E-state index contributed by atoms with van der Waals surface area (Å²) in [6, 6.07) is 10.9. The van der Waals surface area contributed by atoms with Crippen molar-refractivity contribution in [3.63, 3.8) is 0 Å². The van der Waals surface area contributed by atoms with Crippen molar-refractivity contribution >= 4 is 27.4 Å². The number of anilines is 1. The van der Waals surface area contributed by atoms with Crippen molar-refractivity contribution in [2.24, 2.45) is 0 Å². The minimum atomic E-state index is 0.252. The van der Waals surface area contributed by atoms with Gasteiger partial charge < -0.3 is 10.1 Å². The SMILES string of the molecule is Cc1sc2nc(CN3CCOCC3)nc(NCC3(c4ccccc4)CC3)c2c1C. The molecule has 3 aromatic rings. The molecule has 1 aliphatic carbocycles. The maximum atomic E-state index is 5.48. The highest BCUT2D eigenvalue weighted by molar-refractivity contribution is 7.18. The zero-order chi connectivity index (χ0) is 19.8. The van der Waals surface area contributed by atoms with Gasteiger partial charge >= 0.3 is 0 Å². The first kappa shape index (κ1) is 19.0. The molecule has 29 heavy (non-hydrogen) atoms. The molecule has 2 aromatic heterocycles. The molecule has 6 heteroatoms. The highest BCUT2D eigenvalue weighted by atomic mass is 32.1. The molecule has 1 N–H and O–H groups in total. The van der Waals surface area contributed by atoms with Gasteiger partial charge in [0.1, 0.15) is 16.5 Å². The Morgan fingerprint density at radius 2 is 1.86 bits per heavy atom. The molecule has 0 atom stereocenters. The fourth-order valence-corrected chi connectivity index (χ4v) is 5.26. The number of hydrogen-bond donors (Lipinski definition) is 1. The Balaban J connectivity index is 1.43. The number of rotatable bonds is 6. The highest BCUT2D eigenvalue weighted by Crippen LogP contribution is 2.48. The zero-order valence-electron chi connectivity index (χ0n) is 17.2. The van der Waals surface area contributed by atoms with Crippen LogP contribution in [0.25, 0.3) is 10.2 Å². The predicted molar refractivity (Wildman–Crippen MR) is 119 cm³/mol. The number of aryl methyl sites for hydroxylation is 2. The van der Waals surface area contributed by atoms with E-state index in [0.29, 0.717) is 0 Å². The molecule has 0 unspecified atom stereocenters. The molecule has 1 aliphatic heterocycles. The summed E-state index contributed by atoms with van der Waals surface area (Å²) in [7, 11) is 0. The molecular weight excluding hydrogens is 380 g/mol. The monoisotopic (exact) mass is 408 g/mol. The Morgan fingerprint density at radius 3 is 2.59 bits per heavy atom. The van der Waals surface area contributed by atoms with Crippen molar-refractivity contribution in [2.75, 3.05) is 38.2 Å². The molecule has 3 heterocycles. The Kier molecular flexibility index (Phi) is 5.02. The van der Waals surface area contributed by atoms with Crippen molar-refractivity contribution in [1.29, 1.82) is 0 Å². The largest absolute Gasteiger partial charge is 0.379 e. The normalized spacial score (nSPS) is 18.8. The third-order valence-electron chi connectivity index (χ3n) is 6.38. The minimum Gasteiger partial charge on any atom is -0.379 e. The second kappa shape index (κ2) is 7.67. The van der Waals surface area contributed by atoms with Crippen LogP contribution in [0.2, 0.25) is 0 Å². The quantitative estimate of drug-likeness (QED) is 0.660. The number of hydrogen-bond acceptors (Lipinski definition) is 6. The molecule has 0 spiro atoms. The standard InChI is InChI=1S/C23H28N4OS/c1-16-17(2)29-22-20(16)21(25-19(26-22)14-27-10-12-28-13-11-27)24-15-23(8-9-23)18-6-4-3-5-7-18/h3-7H,8-15H2,1-2H3,(H,24,25,26). The Labute approximate surface area is 176 Å². The molecule has 1 aromatic carbocycles. The van der Waals surface area contributed by atoms with Crippen LogP contribution in [0.4, 0.5) is 5.82 Å². The summed E-state index contributed by atoms with van der Waals surface area (Å²) in [5.41, 5.74) is 2.99. The van der Waals surface area contributed by atoms with Crippen LogP contribution >= 0.6 is 11.3 Å². The molecule has 0 amide bonds. The van der Waals surface area contributed by atoms with Gasteiger partial charge in [0.2, 0.25) is 0 Å². The van der Waals surface area contributed by atoms with Crippen LogP contribution in [-0.2, 0) is 16.7 Å². The van der Waals surface area contributed by atoms with Crippen LogP contribution in [0.5, 0.6) is 0 Å². The van der Waals surface area contributed by atoms with Crippen LogP contribution in [0.3, 0.4) is 0 Å². The van der Waals surface area contributed by atoms with E-state index in [9.17, 15) is 0 Å². The lowest BCUT2D eigenvalue weighted by Crippen LogP contribution is -2.36. The number of thiophene rings is 1. The van der Waals surface area contributed by atoms with Gasteiger partial charge in [-0.3, -0.25) is 4.90 Å². The van der Waals surface area contributed by atoms with Gasteiger partial charge in [-0.25, -0.2) is 9.97 Å². The second-order valence-corrected chi connectivity index (χ2v) is 9.54. The topological polar surface area (TPSA) is 50.3 Å². The molecule has 0 bridgehead atoms. The van der Waals surface area contributed by atoms with E-state index >= 15 is 0 Å². The number of morpholine rings is 1. The molecule has 1 saturated carbocycles. The van der Waals surface area contributed by atoms with Gasteiger partial charge in [-0.15, -0.1) is 11.3 Å². The molecule has 152 valence electrons. The summed E-state index contributed by atoms with van der Waals surface area (Å²) >= 11 is 1.78. The third-order valence-corrected chi connectivity index (χ3v) is 7.48. The van der Waals surface area contributed by atoms with Crippen molar-refractivity contribution in [1.82, 2.24) is 14.9 Å². The fourth-order valence-electron chi connectivity index (χ4n) is 4.21. The van der Waals surface area contributed by atoms with Gasteiger partial charge in [0.25, 0.3) is 0 Å². The molecule has 1 saturated heterocycles. The molecule has 0 radical (unpaired) electrons. The predicted octanol–water partition coefficient (Wildman–Crippen LogP) is 4.28. The van der Waals surface area contributed by atoms with Gasteiger partial charge in [0.15, 0.2) is 0 Å². The average molecular weight is 409 g/mol. The molecule has 2 aliphatic rings. The molecular formula is C23H28N4OS. The summed E-state index contributed by atoms with van der Waals surface area (Å²) < 4.78 is 5.48. The lowest BCUT2D eigenvalue weighted by atomic mass is 9.96. The van der Waals surface area contributed by atoms with Crippen LogP contribution < -0.4 is 5.32 Å². The van der Waals surface area contributed by atoms with Crippen molar-refractivity contribution in [3.05, 3.63) is 52.2 Å². The highest BCUT2D eigenvalue weighted by Gasteiger charge is 2.44. The van der Waals surface area contributed by atoms with Gasteiger partial charge in [-0.05, 0) is 37.8 Å². The lowest BCUT2D eigenvalue weighted by Gasteiger charge is -2.26. The maximum absolute atomic E-state index is 5.48. The Bertz CT molecular complexity index is 1010. The van der Waals surface area contributed by atoms with Crippen molar-refractivity contribution < 1.29 is 4.74 Å². The first-order chi connectivity index (χ1) is 14.1. The van der Waals surface area contributed by atoms with Gasteiger partial charge in [-0.2, -0.15) is 0 Å². The molecule has 5 nitrogen and oxygen atoms in total. The number of nitrogens with zero attached hydrogens (tertiary/aromatic N) is 3. The molecule has 5 rings (SSSR count). The van der Waals surface area contributed by atoms with Crippen molar-refractivity contribution in [2.45, 2.75) is 38.6 Å². The van der Waals surface area contributed by atoms with E-state index < -0.39 is 0 Å². The smallest absolute Gasteiger partial charge is 0.146 e. The molecule has 2 fully saturated rings. The van der Waals surface area contributed by atoms with Crippen LogP contribution in [0.15, 0.2) is 30.3 Å². The summed E-state index contributed by atoms with van der Waals surface area (Å²) in [6.45, 7) is 9.57. The van der Waals surface area contributed by atoms with E-state index in [-0.39, 0.29) is 5.41 Å². The Morgan fingerprint density at radius 1 is 1.10 bits per heavy atom. The number of benzene rings is 1. The van der Waals surface area contributed by atoms with Crippen LogP contribution in [-0.4, -0.2) is 47.7 Å². The third kappa shape index (κ3) is 3.77. The van der Waals surface area contributed by atoms with E-state index in [1.807, 2.05) is 0 Å². The summed E-state index contributed by atoms with van der Waals surface area (Å²) in [5.74, 6) is 1.91. The van der Waals surface area contributed by atoms with Gasteiger partial charge in [-0.1, -0.05) is 30.3 Å². The fraction of sp³-hybridized carbons (Fsp3) is 0.478. The second-order valence-electron chi connectivity index (χ2n) is 8.34. The van der Waals surface area contributed by atoms with E-state index in [0.717, 1.165) is 55.9 Å². The summed E-state index contributed by atoms with van der Waals surface area (Å²) in [5, 5.41) is 4.93. The lowest BCUT2D eigenvalue weighted by molar-refractivity contribution is 0.0331. The number of fused-ring (bicyclic) bond motifs is 1. The number of nitrogens with one attached hydrogen (secondary N) is 1. The van der Waals surface area contributed by atoms with Gasteiger partial charge in [0.05, 0.1) is 25.1 Å².